The normalized spacial score (nSPS) is 18.3. The molecule has 1 saturated heterocycles. The molecule has 0 spiro atoms. The van der Waals surface area contributed by atoms with Crippen molar-refractivity contribution < 1.29 is 0 Å². The summed E-state index contributed by atoms with van der Waals surface area (Å²) in [5.41, 5.74) is 4.24. The zero-order valence-corrected chi connectivity index (χ0v) is 12.3. The van der Waals surface area contributed by atoms with Crippen LogP contribution in [0.5, 0.6) is 0 Å². The van der Waals surface area contributed by atoms with E-state index in [0.717, 1.165) is 30.4 Å². The topological polar surface area (TPSA) is 75.0 Å². The molecule has 0 radical (unpaired) electrons. The highest BCUT2D eigenvalue weighted by molar-refractivity contribution is 5.59. The predicted molar refractivity (Wildman–Crippen MR) is 82.9 cm³/mol. The van der Waals surface area contributed by atoms with Crippen LogP contribution >= 0.6 is 0 Å². The molecule has 1 N–H and O–H groups in total. The third-order valence-corrected chi connectivity index (χ3v) is 4.02. The standard InChI is InChI=1S/C14H18N8/c1-2-5-20(6-3-1)13-8-14(16-11-15-13)22-10-12(9-18-22)21-7-4-17-19-21/h4,7-9,11,18H,1-3,5-6,10H2. The molecular formula is C14H18N8. The van der Waals surface area contributed by atoms with E-state index in [1.54, 1.807) is 17.2 Å². The molecule has 4 rings (SSSR count). The summed E-state index contributed by atoms with van der Waals surface area (Å²) < 4.78 is 1.75. The minimum absolute atomic E-state index is 0.680. The predicted octanol–water partition coefficient (Wildman–Crippen LogP) is 0.882. The zero-order chi connectivity index (χ0) is 14.8. The molecule has 114 valence electrons. The minimum Gasteiger partial charge on any atom is -0.356 e. The summed E-state index contributed by atoms with van der Waals surface area (Å²) >= 11 is 0. The van der Waals surface area contributed by atoms with Crippen LogP contribution in [0.1, 0.15) is 19.3 Å². The lowest BCUT2D eigenvalue weighted by atomic mass is 10.1. The Kier molecular flexibility index (Phi) is 3.34. The van der Waals surface area contributed by atoms with Crippen LogP contribution in [0.4, 0.5) is 11.6 Å². The van der Waals surface area contributed by atoms with E-state index in [1.807, 2.05) is 23.5 Å². The van der Waals surface area contributed by atoms with Crippen LogP contribution in [0.2, 0.25) is 0 Å². The van der Waals surface area contributed by atoms with E-state index >= 15 is 0 Å². The van der Waals surface area contributed by atoms with Gasteiger partial charge >= 0.3 is 0 Å². The largest absolute Gasteiger partial charge is 0.356 e. The van der Waals surface area contributed by atoms with Crippen LogP contribution in [-0.4, -0.2) is 44.6 Å². The quantitative estimate of drug-likeness (QED) is 0.901. The first-order valence-corrected chi connectivity index (χ1v) is 7.56. The lowest BCUT2D eigenvalue weighted by Crippen LogP contribution is -2.33. The van der Waals surface area contributed by atoms with Gasteiger partial charge in [-0.05, 0) is 19.3 Å². The molecule has 2 aliphatic heterocycles. The van der Waals surface area contributed by atoms with E-state index < -0.39 is 0 Å². The number of anilines is 2. The first-order valence-electron chi connectivity index (χ1n) is 7.56. The molecule has 4 heterocycles. The summed E-state index contributed by atoms with van der Waals surface area (Å²) in [7, 11) is 0. The second kappa shape index (κ2) is 5.63. The van der Waals surface area contributed by atoms with Gasteiger partial charge in [0.25, 0.3) is 0 Å². The molecule has 1 fully saturated rings. The highest BCUT2D eigenvalue weighted by atomic mass is 15.6. The Labute approximate surface area is 128 Å². The lowest BCUT2D eigenvalue weighted by molar-refractivity contribution is 0.573. The van der Waals surface area contributed by atoms with Crippen molar-refractivity contribution in [3.63, 3.8) is 0 Å². The van der Waals surface area contributed by atoms with Gasteiger partial charge in [0.15, 0.2) is 5.82 Å². The third kappa shape index (κ3) is 2.47. The fourth-order valence-corrected chi connectivity index (χ4v) is 2.83. The smallest absolute Gasteiger partial charge is 0.152 e. The number of rotatable bonds is 3. The number of nitrogens with one attached hydrogen (secondary N) is 1. The summed E-state index contributed by atoms with van der Waals surface area (Å²) in [4.78, 5) is 11.1. The summed E-state index contributed by atoms with van der Waals surface area (Å²) in [5, 5.41) is 9.82. The van der Waals surface area contributed by atoms with Crippen LogP contribution in [-0.2, 0) is 0 Å². The Balaban J connectivity index is 1.49. The van der Waals surface area contributed by atoms with Gasteiger partial charge in [-0.15, -0.1) is 5.10 Å². The average Bonchev–Trinajstić information content (AvgIpc) is 3.27. The second-order valence-electron chi connectivity index (χ2n) is 5.48. The monoisotopic (exact) mass is 298 g/mol. The third-order valence-electron chi connectivity index (χ3n) is 4.02. The van der Waals surface area contributed by atoms with E-state index in [4.69, 9.17) is 0 Å². The van der Waals surface area contributed by atoms with Gasteiger partial charge in [-0.3, -0.25) is 5.01 Å². The van der Waals surface area contributed by atoms with Gasteiger partial charge in [-0.25, -0.2) is 14.6 Å². The fraction of sp³-hybridized carbons (Fsp3) is 0.429. The second-order valence-corrected chi connectivity index (χ2v) is 5.48. The van der Waals surface area contributed by atoms with Crippen molar-refractivity contribution in [1.82, 2.24) is 30.4 Å². The Morgan fingerprint density at radius 2 is 1.91 bits per heavy atom. The molecule has 0 amide bonds. The number of nitrogens with zero attached hydrogens (tertiary/aromatic N) is 7. The number of piperidine rings is 1. The van der Waals surface area contributed by atoms with Gasteiger partial charge in [-0.2, -0.15) is 0 Å². The van der Waals surface area contributed by atoms with Crippen molar-refractivity contribution in [2.24, 2.45) is 0 Å². The molecule has 0 aliphatic carbocycles. The summed E-state index contributed by atoms with van der Waals surface area (Å²) in [6, 6.07) is 2.04. The molecule has 2 aromatic rings. The molecule has 0 bridgehead atoms. The summed E-state index contributed by atoms with van der Waals surface area (Å²) in [6.45, 7) is 2.83. The van der Waals surface area contributed by atoms with Crippen LogP contribution < -0.4 is 15.3 Å². The van der Waals surface area contributed by atoms with Gasteiger partial charge < -0.3 is 10.3 Å². The number of hydrogen-bond acceptors (Lipinski definition) is 7. The van der Waals surface area contributed by atoms with Crippen molar-refractivity contribution in [2.75, 3.05) is 29.5 Å². The molecule has 8 nitrogen and oxygen atoms in total. The van der Waals surface area contributed by atoms with E-state index in [0.29, 0.717) is 6.54 Å². The van der Waals surface area contributed by atoms with Crippen molar-refractivity contribution in [3.05, 3.63) is 31.0 Å². The van der Waals surface area contributed by atoms with Crippen LogP contribution in [0, 0.1) is 0 Å². The Morgan fingerprint density at radius 1 is 1.05 bits per heavy atom. The van der Waals surface area contributed by atoms with Crippen molar-refractivity contribution in [3.8, 4) is 0 Å². The number of aromatic nitrogens is 5. The Hall–Kier alpha value is -2.64. The van der Waals surface area contributed by atoms with Gasteiger partial charge in [-0.1, -0.05) is 5.21 Å². The highest BCUT2D eigenvalue weighted by Gasteiger charge is 2.19. The van der Waals surface area contributed by atoms with Crippen molar-refractivity contribution >= 4 is 17.3 Å². The fourth-order valence-electron chi connectivity index (χ4n) is 2.83. The van der Waals surface area contributed by atoms with Crippen LogP contribution in [0.15, 0.2) is 31.0 Å². The first-order chi connectivity index (χ1) is 10.9. The molecule has 2 aliphatic rings. The minimum atomic E-state index is 0.680. The van der Waals surface area contributed by atoms with Gasteiger partial charge in [0, 0.05) is 25.4 Å². The Morgan fingerprint density at radius 3 is 2.73 bits per heavy atom. The lowest BCUT2D eigenvalue weighted by Gasteiger charge is -2.28. The maximum Gasteiger partial charge on any atom is 0.152 e. The maximum absolute atomic E-state index is 4.42. The zero-order valence-electron chi connectivity index (χ0n) is 12.3. The average molecular weight is 298 g/mol. The Bertz CT molecular complexity index is 659. The molecule has 0 unspecified atom stereocenters. The van der Waals surface area contributed by atoms with Crippen molar-refractivity contribution in [1.29, 1.82) is 0 Å². The molecule has 2 aromatic heterocycles. The van der Waals surface area contributed by atoms with E-state index in [2.05, 4.69) is 30.6 Å². The number of hydrazine groups is 1. The van der Waals surface area contributed by atoms with Crippen molar-refractivity contribution in [2.45, 2.75) is 19.3 Å². The number of hydrogen-bond donors (Lipinski definition) is 1. The molecule has 0 atom stereocenters. The molecule has 0 aromatic carbocycles. The molecule has 0 saturated carbocycles. The van der Waals surface area contributed by atoms with Crippen LogP contribution in [0.25, 0.3) is 5.70 Å². The molecule has 22 heavy (non-hydrogen) atoms. The summed E-state index contributed by atoms with van der Waals surface area (Å²) in [5.74, 6) is 1.86. The molecular weight excluding hydrogens is 280 g/mol. The van der Waals surface area contributed by atoms with Gasteiger partial charge in [0.2, 0.25) is 0 Å². The highest BCUT2D eigenvalue weighted by Crippen LogP contribution is 2.22. The van der Waals surface area contributed by atoms with E-state index in [1.165, 1.54) is 19.3 Å². The SMILES string of the molecule is C1=C(n2ccnn2)CN(c2cc(N3CCCCC3)ncn2)N1. The van der Waals surface area contributed by atoms with E-state index in [-0.39, 0.29) is 0 Å². The van der Waals surface area contributed by atoms with Gasteiger partial charge in [0.05, 0.1) is 24.6 Å². The van der Waals surface area contributed by atoms with E-state index in [9.17, 15) is 0 Å². The van der Waals surface area contributed by atoms with Gasteiger partial charge in [0.1, 0.15) is 12.1 Å². The first kappa shape index (κ1) is 13.1. The maximum atomic E-state index is 4.42. The van der Waals surface area contributed by atoms with Crippen LogP contribution in [0.3, 0.4) is 0 Å². The summed E-state index contributed by atoms with van der Waals surface area (Å²) in [6.07, 6.45) is 10.8. The molecule has 8 heteroatoms.